The first-order chi connectivity index (χ1) is 11.2. The fourth-order valence-corrected chi connectivity index (χ4v) is 3.69. The zero-order valence-electron chi connectivity index (χ0n) is 12.0. The lowest BCUT2D eigenvalue weighted by atomic mass is 10.1. The minimum atomic E-state index is -0.303. The van der Waals surface area contributed by atoms with Crippen LogP contribution in [0.1, 0.15) is 11.1 Å². The van der Waals surface area contributed by atoms with Crippen LogP contribution in [0.25, 0.3) is 11.3 Å². The molecule has 3 heterocycles. The van der Waals surface area contributed by atoms with E-state index < -0.39 is 0 Å². The fraction of sp³-hybridized carbons (Fsp3) is 0.133. The van der Waals surface area contributed by atoms with Crippen molar-refractivity contribution in [2.24, 2.45) is 0 Å². The van der Waals surface area contributed by atoms with Crippen LogP contribution in [-0.4, -0.2) is 21.4 Å². The van der Waals surface area contributed by atoms with Gasteiger partial charge in [-0.25, -0.2) is 0 Å². The highest BCUT2D eigenvalue weighted by Crippen LogP contribution is 2.41. The van der Waals surface area contributed by atoms with Crippen LogP contribution in [0, 0.1) is 0 Å². The number of hydrogen-bond donors (Lipinski definition) is 1. The number of nitrogens with one attached hydrogen (secondary N) is 1. The first-order valence-corrected chi connectivity index (χ1v) is 9.69. The smallest absolute Gasteiger partial charge is 0.247 e. The molecule has 1 atom stereocenters. The van der Waals surface area contributed by atoms with Gasteiger partial charge in [0.05, 0.1) is 4.88 Å². The van der Waals surface area contributed by atoms with Crippen molar-refractivity contribution >= 4 is 44.7 Å². The molecule has 0 saturated carbocycles. The number of anilines is 1. The molecule has 0 unspecified atom stereocenters. The molecule has 2 aromatic heterocycles. The Morgan fingerprint density at radius 3 is 3.00 bits per heavy atom. The van der Waals surface area contributed by atoms with Crippen LogP contribution in [0.3, 0.4) is 0 Å². The molecule has 0 radical (unpaired) electrons. The fourth-order valence-electron chi connectivity index (χ4n) is 2.33. The van der Waals surface area contributed by atoms with Crippen molar-refractivity contribution in [2.75, 3.05) is 11.6 Å². The van der Waals surface area contributed by atoms with Gasteiger partial charge in [0.25, 0.3) is 0 Å². The Hall–Kier alpha value is -1.64. The van der Waals surface area contributed by atoms with E-state index in [1.807, 2.05) is 42.0 Å². The van der Waals surface area contributed by atoms with E-state index in [4.69, 9.17) is 4.74 Å². The molecule has 0 amide bonds. The largest absolute Gasteiger partial charge is 0.447 e. The van der Waals surface area contributed by atoms with Crippen molar-refractivity contribution in [3.8, 4) is 17.1 Å². The van der Waals surface area contributed by atoms with Crippen molar-refractivity contribution in [3.63, 3.8) is 0 Å². The maximum atomic E-state index is 6.12. The van der Waals surface area contributed by atoms with Gasteiger partial charge in [0.2, 0.25) is 17.3 Å². The summed E-state index contributed by atoms with van der Waals surface area (Å²) in [5, 5.41) is 14.5. The second-order valence-electron chi connectivity index (χ2n) is 4.80. The summed E-state index contributed by atoms with van der Waals surface area (Å²) in [6.45, 7) is 0. The maximum absolute atomic E-state index is 6.12. The van der Waals surface area contributed by atoms with Crippen LogP contribution in [0.4, 0.5) is 5.69 Å². The topological polar surface area (TPSA) is 59.9 Å². The molecule has 0 spiro atoms. The average Bonchev–Trinajstić information content (AvgIpc) is 3.05. The first-order valence-electron chi connectivity index (χ1n) is 6.80. The van der Waals surface area contributed by atoms with Crippen LogP contribution in [0.2, 0.25) is 0 Å². The third kappa shape index (κ3) is 2.82. The van der Waals surface area contributed by atoms with Gasteiger partial charge in [-0.1, -0.05) is 33.8 Å². The number of halogens is 1. The molecule has 1 N–H and O–H groups in total. The highest BCUT2D eigenvalue weighted by Gasteiger charge is 2.26. The lowest BCUT2D eigenvalue weighted by Gasteiger charge is -2.17. The van der Waals surface area contributed by atoms with Crippen molar-refractivity contribution in [2.45, 2.75) is 11.4 Å². The van der Waals surface area contributed by atoms with E-state index in [1.54, 1.807) is 11.3 Å². The molecule has 0 fully saturated rings. The summed E-state index contributed by atoms with van der Waals surface area (Å²) in [5.74, 6) is 0.493. The average molecular weight is 407 g/mol. The van der Waals surface area contributed by atoms with E-state index in [0.717, 1.165) is 20.6 Å². The van der Waals surface area contributed by atoms with Gasteiger partial charge in [-0.15, -0.1) is 21.5 Å². The molecule has 0 bridgehead atoms. The molecule has 1 aromatic carbocycles. The van der Waals surface area contributed by atoms with Gasteiger partial charge in [-0.3, -0.25) is 0 Å². The summed E-state index contributed by atoms with van der Waals surface area (Å²) in [6.07, 6.45) is 1.61. The van der Waals surface area contributed by atoms with E-state index in [2.05, 4.69) is 36.4 Å². The highest BCUT2D eigenvalue weighted by molar-refractivity contribution is 9.10. The lowest BCUT2D eigenvalue weighted by molar-refractivity contribution is 0.229. The van der Waals surface area contributed by atoms with E-state index in [-0.39, 0.29) is 6.23 Å². The molecule has 1 aliphatic heterocycles. The number of thioether (sulfide) groups is 1. The molecule has 1 aliphatic rings. The Kier molecular flexibility index (Phi) is 3.96. The number of benzene rings is 1. The Morgan fingerprint density at radius 2 is 2.22 bits per heavy atom. The Bertz CT molecular complexity index is 857. The van der Waals surface area contributed by atoms with Crippen LogP contribution in [0.5, 0.6) is 5.88 Å². The molecule has 116 valence electrons. The summed E-state index contributed by atoms with van der Waals surface area (Å²) in [4.78, 5) is 5.58. The Labute approximate surface area is 149 Å². The van der Waals surface area contributed by atoms with Crippen LogP contribution in [0.15, 0.2) is 45.3 Å². The summed E-state index contributed by atoms with van der Waals surface area (Å²) in [5.41, 5.74) is 2.50. The molecule has 4 rings (SSSR count). The van der Waals surface area contributed by atoms with Crippen LogP contribution >= 0.6 is 39.0 Å². The SMILES string of the molecule is CSc1nnc2c(n1)O[C@H](c1cccs1)Nc1ccc(Br)cc1-2. The summed E-state index contributed by atoms with van der Waals surface area (Å²) >= 11 is 6.59. The molecule has 8 heteroatoms. The number of fused-ring (bicyclic) bond motifs is 3. The molecule has 23 heavy (non-hydrogen) atoms. The summed E-state index contributed by atoms with van der Waals surface area (Å²) < 4.78 is 7.09. The third-order valence-corrected chi connectivity index (χ3v) is 5.32. The zero-order valence-corrected chi connectivity index (χ0v) is 15.2. The van der Waals surface area contributed by atoms with E-state index in [0.29, 0.717) is 16.7 Å². The predicted octanol–water partition coefficient (Wildman–Crippen LogP) is 4.59. The predicted molar refractivity (Wildman–Crippen MR) is 96.1 cm³/mol. The van der Waals surface area contributed by atoms with Crippen molar-refractivity contribution in [1.82, 2.24) is 15.2 Å². The van der Waals surface area contributed by atoms with Gasteiger partial charge in [0, 0.05) is 15.7 Å². The number of nitrogens with zero attached hydrogens (tertiary/aromatic N) is 3. The van der Waals surface area contributed by atoms with Gasteiger partial charge < -0.3 is 10.1 Å². The molecular formula is C15H11BrN4OS2. The van der Waals surface area contributed by atoms with E-state index in [1.165, 1.54) is 11.8 Å². The second-order valence-corrected chi connectivity index (χ2v) is 7.47. The van der Waals surface area contributed by atoms with Gasteiger partial charge >= 0.3 is 0 Å². The highest BCUT2D eigenvalue weighted by atomic mass is 79.9. The summed E-state index contributed by atoms with van der Waals surface area (Å²) in [6, 6.07) is 10.0. The number of thiophene rings is 1. The first kappa shape index (κ1) is 14.9. The van der Waals surface area contributed by atoms with Crippen LogP contribution in [-0.2, 0) is 0 Å². The van der Waals surface area contributed by atoms with Crippen molar-refractivity contribution in [3.05, 3.63) is 45.1 Å². The van der Waals surface area contributed by atoms with Crippen LogP contribution < -0.4 is 10.1 Å². The monoisotopic (exact) mass is 406 g/mol. The normalized spacial score (nSPS) is 15.8. The lowest BCUT2D eigenvalue weighted by Crippen LogP contribution is -2.15. The molecular weight excluding hydrogens is 396 g/mol. The zero-order chi connectivity index (χ0) is 15.8. The number of aromatic nitrogens is 3. The maximum Gasteiger partial charge on any atom is 0.247 e. The standard InChI is InChI=1S/C15H11BrN4OS2/c1-22-15-18-14-12(19-20-15)9-7-8(16)4-5-10(9)17-13(21-14)11-3-2-6-23-11/h2-7,13,17H,1H3/t13-/m1/s1. The molecule has 5 nitrogen and oxygen atoms in total. The minimum Gasteiger partial charge on any atom is -0.447 e. The Balaban J connectivity index is 1.90. The Morgan fingerprint density at radius 1 is 1.30 bits per heavy atom. The van der Waals surface area contributed by atoms with Gasteiger partial charge in [-0.05, 0) is 35.9 Å². The second kappa shape index (κ2) is 6.10. The van der Waals surface area contributed by atoms with Gasteiger partial charge in [-0.2, -0.15) is 4.98 Å². The third-order valence-electron chi connectivity index (χ3n) is 3.37. The molecule has 0 aliphatic carbocycles. The number of ether oxygens (including phenoxy) is 1. The quantitative estimate of drug-likeness (QED) is 0.628. The summed E-state index contributed by atoms with van der Waals surface area (Å²) in [7, 11) is 0. The van der Waals surface area contributed by atoms with E-state index in [9.17, 15) is 0 Å². The number of rotatable bonds is 2. The van der Waals surface area contributed by atoms with Crippen molar-refractivity contribution in [1.29, 1.82) is 0 Å². The minimum absolute atomic E-state index is 0.303. The molecule has 3 aromatic rings. The number of hydrogen-bond acceptors (Lipinski definition) is 7. The molecule has 0 saturated heterocycles. The van der Waals surface area contributed by atoms with E-state index >= 15 is 0 Å². The van der Waals surface area contributed by atoms with Crippen molar-refractivity contribution < 1.29 is 4.74 Å². The van der Waals surface area contributed by atoms with Gasteiger partial charge in [0.1, 0.15) is 0 Å². The van der Waals surface area contributed by atoms with Gasteiger partial charge in [0.15, 0.2) is 5.69 Å².